The van der Waals surface area contributed by atoms with E-state index in [4.69, 9.17) is 11.6 Å². The van der Waals surface area contributed by atoms with Crippen LogP contribution in [-0.4, -0.2) is 23.0 Å². The Morgan fingerprint density at radius 2 is 1.38 bits per heavy atom. The van der Waals surface area contributed by atoms with Crippen molar-refractivity contribution in [2.45, 2.75) is 24.8 Å². The summed E-state index contributed by atoms with van der Waals surface area (Å²) >= 11 is 5.90. The molecule has 0 spiro atoms. The Labute approximate surface area is 175 Å². The molecule has 0 unspecified atom stereocenters. The van der Waals surface area contributed by atoms with Gasteiger partial charge in [-0.25, -0.2) is 4.79 Å². The van der Waals surface area contributed by atoms with Gasteiger partial charge >= 0.3 is 5.97 Å². The summed E-state index contributed by atoms with van der Waals surface area (Å²) in [4.78, 5) is 25.3. The highest BCUT2D eigenvalue weighted by molar-refractivity contribution is 6.30. The van der Waals surface area contributed by atoms with Crippen molar-refractivity contribution in [2.24, 2.45) is 0 Å². The number of nitrogens with one attached hydrogen (secondary N) is 1. The maximum atomic E-state index is 13.4. The van der Waals surface area contributed by atoms with Crippen LogP contribution in [0, 0.1) is 0 Å². The zero-order valence-electron chi connectivity index (χ0n) is 16.0. The van der Waals surface area contributed by atoms with Crippen LogP contribution < -0.4 is 5.32 Å². The van der Waals surface area contributed by atoms with Crippen molar-refractivity contribution in [3.05, 3.63) is 107 Å². The molecule has 2 N–H and O–H groups in total. The van der Waals surface area contributed by atoms with Gasteiger partial charge in [-0.05, 0) is 35.7 Å². The van der Waals surface area contributed by atoms with E-state index in [9.17, 15) is 14.7 Å². The number of carboxylic acids is 1. The predicted octanol–water partition coefficient (Wildman–Crippen LogP) is 4.46. The SMILES string of the molecule is CC(C(=O)N[C@@H](Cc1ccc(Cl)cc1)C(=O)O)(c1ccccc1)c1ccccc1. The average molecular weight is 408 g/mol. The number of rotatable bonds is 7. The monoisotopic (exact) mass is 407 g/mol. The minimum absolute atomic E-state index is 0.165. The molecule has 0 saturated carbocycles. The average Bonchev–Trinajstić information content (AvgIpc) is 2.75. The molecule has 0 aliphatic carbocycles. The Balaban J connectivity index is 1.92. The highest BCUT2D eigenvalue weighted by Gasteiger charge is 2.38. The molecule has 1 amide bonds. The number of carbonyl (C=O) groups excluding carboxylic acids is 1. The van der Waals surface area contributed by atoms with Crippen molar-refractivity contribution in [2.75, 3.05) is 0 Å². The van der Waals surface area contributed by atoms with E-state index in [0.29, 0.717) is 5.02 Å². The van der Waals surface area contributed by atoms with E-state index in [1.807, 2.05) is 67.6 Å². The molecular formula is C24H22ClNO3. The molecule has 0 aliphatic heterocycles. The Bertz CT molecular complexity index is 933. The zero-order valence-corrected chi connectivity index (χ0v) is 16.8. The second-order valence-electron chi connectivity index (χ2n) is 7.05. The van der Waals surface area contributed by atoms with Crippen molar-refractivity contribution in [1.29, 1.82) is 0 Å². The van der Waals surface area contributed by atoms with Crippen LogP contribution in [0.3, 0.4) is 0 Å². The summed E-state index contributed by atoms with van der Waals surface area (Å²) in [7, 11) is 0. The maximum Gasteiger partial charge on any atom is 0.326 e. The fourth-order valence-corrected chi connectivity index (χ4v) is 3.46. The van der Waals surface area contributed by atoms with Gasteiger partial charge in [-0.15, -0.1) is 0 Å². The second-order valence-corrected chi connectivity index (χ2v) is 7.49. The van der Waals surface area contributed by atoms with Crippen LogP contribution in [0.2, 0.25) is 5.02 Å². The van der Waals surface area contributed by atoms with E-state index >= 15 is 0 Å². The molecule has 0 radical (unpaired) electrons. The third-order valence-electron chi connectivity index (χ3n) is 5.11. The van der Waals surface area contributed by atoms with E-state index in [1.165, 1.54) is 0 Å². The second kappa shape index (κ2) is 8.93. The largest absolute Gasteiger partial charge is 0.480 e. The van der Waals surface area contributed by atoms with Crippen molar-refractivity contribution in [3.8, 4) is 0 Å². The molecule has 0 heterocycles. The first-order valence-corrected chi connectivity index (χ1v) is 9.68. The minimum atomic E-state index is -1.09. The van der Waals surface area contributed by atoms with Crippen LogP contribution in [0.4, 0.5) is 0 Å². The van der Waals surface area contributed by atoms with Gasteiger partial charge in [-0.1, -0.05) is 84.4 Å². The molecule has 0 bridgehead atoms. The molecule has 0 aliphatic rings. The number of aliphatic carboxylic acids is 1. The maximum absolute atomic E-state index is 13.4. The molecule has 3 rings (SSSR count). The standard InChI is InChI=1S/C24H22ClNO3/c1-24(18-8-4-2-5-9-18,19-10-6-3-7-11-19)23(29)26-21(22(27)28)16-17-12-14-20(25)15-13-17/h2-15,21H,16H2,1H3,(H,26,29)(H,27,28)/t21-/m0/s1. The summed E-state index contributed by atoms with van der Waals surface area (Å²) in [6.07, 6.45) is 0.165. The van der Waals surface area contributed by atoms with Crippen molar-refractivity contribution in [1.82, 2.24) is 5.32 Å². The Kier molecular flexibility index (Phi) is 6.35. The predicted molar refractivity (Wildman–Crippen MR) is 114 cm³/mol. The first-order valence-electron chi connectivity index (χ1n) is 9.30. The lowest BCUT2D eigenvalue weighted by Crippen LogP contribution is -2.50. The normalized spacial score (nSPS) is 12.2. The summed E-state index contributed by atoms with van der Waals surface area (Å²) in [5, 5.41) is 13.0. The van der Waals surface area contributed by atoms with Gasteiger partial charge in [-0.3, -0.25) is 4.79 Å². The minimum Gasteiger partial charge on any atom is -0.480 e. The Morgan fingerprint density at radius 3 is 1.83 bits per heavy atom. The van der Waals surface area contributed by atoms with Crippen molar-refractivity contribution >= 4 is 23.5 Å². The molecule has 0 fully saturated rings. The third-order valence-corrected chi connectivity index (χ3v) is 5.36. The van der Waals surface area contributed by atoms with E-state index in [0.717, 1.165) is 16.7 Å². The number of hydrogen-bond donors (Lipinski definition) is 2. The van der Waals surface area contributed by atoms with Gasteiger partial charge in [0.15, 0.2) is 0 Å². The van der Waals surface area contributed by atoms with Crippen molar-refractivity contribution < 1.29 is 14.7 Å². The number of hydrogen-bond acceptors (Lipinski definition) is 2. The van der Waals surface area contributed by atoms with Gasteiger partial charge in [-0.2, -0.15) is 0 Å². The third kappa shape index (κ3) is 4.66. The topological polar surface area (TPSA) is 66.4 Å². The Morgan fingerprint density at radius 1 is 0.897 bits per heavy atom. The molecule has 0 saturated heterocycles. The van der Waals surface area contributed by atoms with Gasteiger partial charge in [0.2, 0.25) is 5.91 Å². The molecule has 3 aromatic rings. The van der Waals surface area contributed by atoms with E-state index < -0.39 is 17.4 Å². The van der Waals surface area contributed by atoms with Gasteiger partial charge in [0.25, 0.3) is 0 Å². The van der Waals surface area contributed by atoms with Gasteiger partial charge in [0, 0.05) is 11.4 Å². The van der Waals surface area contributed by atoms with Crippen LogP contribution in [0.1, 0.15) is 23.6 Å². The molecule has 5 heteroatoms. The number of amides is 1. The van der Waals surface area contributed by atoms with Crippen LogP contribution in [0.5, 0.6) is 0 Å². The van der Waals surface area contributed by atoms with Crippen molar-refractivity contribution in [3.63, 3.8) is 0 Å². The molecule has 0 aromatic heterocycles. The molecular weight excluding hydrogens is 386 g/mol. The summed E-state index contributed by atoms with van der Waals surface area (Å²) in [6, 6.07) is 24.6. The number of carboxylic acid groups (broad SMARTS) is 1. The molecule has 3 aromatic carbocycles. The summed E-state index contributed by atoms with van der Waals surface area (Å²) in [5.74, 6) is -1.45. The lowest BCUT2D eigenvalue weighted by molar-refractivity contribution is -0.142. The molecule has 4 nitrogen and oxygen atoms in total. The summed E-state index contributed by atoms with van der Waals surface area (Å²) in [6.45, 7) is 1.81. The Hall–Kier alpha value is -3.11. The molecule has 29 heavy (non-hydrogen) atoms. The number of carbonyl (C=O) groups is 2. The smallest absolute Gasteiger partial charge is 0.326 e. The fraction of sp³-hybridized carbons (Fsp3) is 0.167. The van der Waals surface area contributed by atoms with Gasteiger partial charge in [0.05, 0.1) is 5.41 Å². The van der Waals surface area contributed by atoms with Crippen LogP contribution in [0.15, 0.2) is 84.9 Å². The number of benzene rings is 3. The van der Waals surface area contributed by atoms with Crippen LogP contribution in [-0.2, 0) is 21.4 Å². The van der Waals surface area contributed by atoms with E-state index in [2.05, 4.69) is 5.32 Å². The fourth-order valence-electron chi connectivity index (χ4n) is 3.33. The molecule has 1 atom stereocenters. The van der Waals surface area contributed by atoms with E-state index in [1.54, 1.807) is 24.3 Å². The summed E-state index contributed by atoms with van der Waals surface area (Å²) < 4.78 is 0. The van der Waals surface area contributed by atoms with Crippen LogP contribution >= 0.6 is 11.6 Å². The number of halogens is 1. The van der Waals surface area contributed by atoms with Gasteiger partial charge in [0.1, 0.15) is 6.04 Å². The quantitative estimate of drug-likeness (QED) is 0.607. The van der Waals surface area contributed by atoms with Crippen LogP contribution in [0.25, 0.3) is 0 Å². The lowest BCUT2D eigenvalue weighted by Gasteiger charge is -2.31. The highest BCUT2D eigenvalue weighted by atomic mass is 35.5. The zero-order chi connectivity index (χ0) is 20.9. The first kappa shape index (κ1) is 20.6. The van der Waals surface area contributed by atoms with Gasteiger partial charge < -0.3 is 10.4 Å². The molecule has 148 valence electrons. The first-order chi connectivity index (χ1) is 13.9. The highest BCUT2D eigenvalue weighted by Crippen LogP contribution is 2.32. The summed E-state index contributed by atoms with van der Waals surface area (Å²) in [5.41, 5.74) is 1.33. The van der Waals surface area contributed by atoms with E-state index in [-0.39, 0.29) is 12.3 Å². The lowest BCUT2D eigenvalue weighted by atomic mass is 9.75.